The molecule has 0 saturated heterocycles. The van der Waals surface area contributed by atoms with Gasteiger partial charge in [0.2, 0.25) is 5.91 Å². The number of carbonyl (C=O) groups excluding carboxylic acids is 1. The van der Waals surface area contributed by atoms with E-state index in [2.05, 4.69) is 5.32 Å². The Hall–Kier alpha value is -1.07. The number of halogens is 1. The van der Waals surface area contributed by atoms with Crippen molar-refractivity contribution >= 4 is 17.7 Å². The number of hydrogen-bond donors (Lipinski definition) is 2. The van der Waals surface area contributed by atoms with Gasteiger partial charge in [0.15, 0.2) is 0 Å². The molecule has 0 fully saturated rings. The van der Waals surface area contributed by atoms with Crippen molar-refractivity contribution in [3.8, 4) is 0 Å². The van der Waals surface area contributed by atoms with Gasteiger partial charge in [0, 0.05) is 30.2 Å². The van der Waals surface area contributed by atoms with E-state index in [9.17, 15) is 9.18 Å². The molecule has 0 aliphatic heterocycles. The first-order chi connectivity index (χ1) is 9.74. The van der Waals surface area contributed by atoms with E-state index in [1.165, 1.54) is 17.8 Å². The topological polar surface area (TPSA) is 49.3 Å². The number of unbranched alkanes of at least 4 members (excludes halogenated alkanes) is 3. The van der Waals surface area contributed by atoms with Gasteiger partial charge in [0.1, 0.15) is 5.82 Å². The summed E-state index contributed by atoms with van der Waals surface area (Å²) in [6.45, 7) is 0.911. The van der Waals surface area contributed by atoms with E-state index in [0.717, 1.165) is 25.7 Å². The third-order valence-electron chi connectivity index (χ3n) is 2.83. The number of nitrogens with one attached hydrogen (secondary N) is 1. The number of thioether (sulfide) groups is 1. The normalized spacial score (nSPS) is 10.5. The second-order valence-electron chi connectivity index (χ2n) is 4.52. The van der Waals surface area contributed by atoms with Crippen LogP contribution in [0.4, 0.5) is 4.39 Å². The average molecular weight is 299 g/mol. The van der Waals surface area contributed by atoms with Gasteiger partial charge in [-0.2, -0.15) is 0 Å². The highest BCUT2D eigenvalue weighted by Crippen LogP contribution is 2.21. The van der Waals surface area contributed by atoms with Crippen molar-refractivity contribution < 1.29 is 14.3 Å². The minimum Gasteiger partial charge on any atom is -0.396 e. The minimum absolute atomic E-state index is 0.0102. The van der Waals surface area contributed by atoms with Crippen molar-refractivity contribution in [2.75, 3.05) is 18.9 Å². The molecule has 5 heteroatoms. The molecule has 1 amide bonds. The van der Waals surface area contributed by atoms with Gasteiger partial charge in [-0.15, -0.1) is 11.8 Å². The molecule has 0 heterocycles. The molecule has 0 bridgehead atoms. The van der Waals surface area contributed by atoms with Crippen LogP contribution < -0.4 is 5.32 Å². The lowest BCUT2D eigenvalue weighted by atomic mass is 10.2. The van der Waals surface area contributed by atoms with E-state index in [1.54, 1.807) is 18.2 Å². The number of aliphatic hydroxyl groups is 1. The van der Waals surface area contributed by atoms with Crippen LogP contribution in [-0.2, 0) is 4.79 Å². The fraction of sp³-hybridized carbons (Fsp3) is 0.533. The third kappa shape index (κ3) is 7.50. The van der Waals surface area contributed by atoms with Crippen LogP contribution in [0.2, 0.25) is 0 Å². The molecule has 3 nitrogen and oxygen atoms in total. The number of carbonyl (C=O) groups is 1. The summed E-state index contributed by atoms with van der Waals surface area (Å²) in [5.41, 5.74) is 0. The summed E-state index contributed by atoms with van der Waals surface area (Å²) in [6, 6.07) is 6.59. The summed E-state index contributed by atoms with van der Waals surface area (Å²) in [7, 11) is 0. The molecule has 0 aliphatic carbocycles. The molecule has 1 aromatic carbocycles. The summed E-state index contributed by atoms with van der Waals surface area (Å²) >= 11 is 1.36. The predicted octanol–water partition coefficient (Wildman–Crippen LogP) is 2.98. The highest BCUT2D eigenvalue weighted by molar-refractivity contribution is 7.99. The highest BCUT2D eigenvalue weighted by Gasteiger charge is 2.04. The smallest absolute Gasteiger partial charge is 0.220 e. The van der Waals surface area contributed by atoms with E-state index >= 15 is 0 Å². The SMILES string of the molecule is O=C(CCSc1ccccc1F)NCCCCCCO. The zero-order valence-electron chi connectivity index (χ0n) is 11.6. The first-order valence-corrected chi connectivity index (χ1v) is 7.97. The van der Waals surface area contributed by atoms with Crippen LogP contribution in [0.1, 0.15) is 32.1 Å². The summed E-state index contributed by atoms with van der Waals surface area (Å²) in [5.74, 6) is 0.356. The van der Waals surface area contributed by atoms with Gasteiger partial charge in [-0.3, -0.25) is 4.79 Å². The van der Waals surface area contributed by atoms with E-state index in [0.29, 0.717) is 23.6 Å². The standard InChI is InChI=1S/C15H22FNO2S/c16-13-7-3-4-8-14(13)20-12-9-15(19)17-10-5-1-2-6-11-18/h3-4,7-8,18H,1-2,5-6,9-12H2,(H,17,19). The molecule has 0 saturated carbocycles. The summed E-state index contributed by atoms with van der Waals surface area (Å²) in [5, 5.41) is 11.5. The molecule has 112 valence electrons. The Labute approximate surface area is 124 Å². The Morgan fingerprint density at radius 2 is 1.95 bits per heavy atom. The maximum absolute atomic E-state index is 13.3. The lowest BCUT2D eigenvalue weighted by Gasteiger charge is -2.05. The van der Waals surface area contributed by atoms with E-state index < -0.39 is 0 Å². The van der Waals surface area contributed by atoms with Crippen molar-refractivity contribution in [1.82, 2.24) is 5.32 Å². The lowest BCUT2D eigenvalue weighted by molar-refractivity contribution is -0.120. The Morgan fingerprint density at radius 1 is 1.20 bits per heavy atom. The largest absolute Gasteiger partial charge is 0.396 e. The number of rotatable bonds is 10. The van der Waals surface area contributed by atoms with Crippen LogP contribution in [0.15, 0.2) is 29.2 Å². The van der Waals surface area contributed by atoms with Crippen molar-refractivity contribution in [3.05, 3.63) is 30.1 Å². The molecule has 2 N–H and O–H groups in total. The van der Waals surface area contributed by atoms with Gasteiger partial charge >= 0.3 is 0 Å². The average Bonchev–Trinajstić information content (AvgIpc) is 2.45. The van der Waals surface area contributed by atoms with Crippen LogP contribution in [0.5, 0.6) is 0 Å². The van der Waals surface area contributed by atoms with Gasteiger partial charge in [-0.05, 0) is 25.0 Å². The molecule has 0 atom stereocenters. The molecule has 0 aliphatic rings. The zero-order chi connectivity index (χ0) is 14.6. The van der Waals surface area contributed by atoms with Gasteiger partial charge in [0.25, 0.3) is 0 Å². The first kappa shape index (κ1) is 17.0. The molecular formula is C15H22FNO2S. The summed E-state index contributed by atoms with van der Waals surface area (Å²) in [6.07, 6.45) is 4.18. The molecule has 20 heavy (non-hydrogen) atoms. The summed E-state index contributed by atoms with van der Waals surface area (Å²) in [4.78, 5) is 12.1. The van der Waals surface area contributed by atoms with Gasteiger partial charge in [0.05, 0.1) is 0 Å². The second kappa shape index (κ2) is 10.7. The van der Waals surface area contributed by atoms with Crippen LogP contribution >= 0.6 is 11.8 Å². The van der Waals surface area contributed by atoms with Crippen molar-refractivity contribution in [2.24, 2.45) is 0 Å². The fourth-order valence-corrected chi connectivity index (χ4v) is 2.61. The van der Waals surface area contributed by atoms with E-state index in [-0.39, 0.29) is 18.3 Å². The van der Waals surface area contributed by atoms with Crippen LogP contribution in [0, 0.1) is 5.82 Å². The maximum atomic E-state index is 13.3. The third-order valence-corrected chi connectivity index (χ3v) is 3.88. The van der Waals surface area contributed by atoms with E-state index in [1.807, 2.05) is 0 Å². The van der Waals surface area contributed by atoms with Crippen molar-refractivity contribution in [1.29, 1.82) is 0 Å². The van der Waals surface area contributed by atoms with Crippen molar-refractivity contribution in [2.45, 2.75) is 37.0 Å². The van der Waals surface area contributed by atoms with Crippen molar-refractivity contribution in [3.63, 3.8) is 0 Å². The lowest BCUT2D eigenvalue weighted by Crippen LogP contribution is -2.24. The second-order valence-corrected chi connectivity index (χ2v) is 5.65. The Bertz CT molecular complexity index is 401. The molecule has 0 unspecified atom stereocenters. The minimum atomic E-state index is -0.234. The predicted molar refractivity (Wildman–Crippen MR) is 80.3 cm³/mol. The molecule has 0 aromatic heterocycles. The highest BCUT2D eigenvalue weighted by atomic mass is 32.2. The Balaban J connectivity index is 2.04. The van der Waals surface area contributed by atoms with Crippen LogP contribution in [0.3, 0.4) is 0 Å². The van der Waals surface area contributed by atoms with Crippen LogP contribution in [-0.4, -0.2) is 29.9 Å². The Morgan fingerprint density at radius 3 is 2.70 bits per heavy atom. The Kier molecular flexibility index (Phi) is 9.07. The monoisotopic (exact) mass is 299 g/mol. The molecule has 1 aromatic rings. The summed E-state index contributed by atoms with van der Waals surface area (Å²) < 4.78 is 13.3. The van der Waals surface area contributed by atoms with E-state index in [4.69, 9.17) is 5.11 Å². The molecule has 0 radical (unpaired) electrons. The number of benzene rings is 1. The van der Waals surface area contributed by atoms with Gasteiger partial charge in [-0.1, -0.05) is 25.0 Å². The number of hydrogen-bond acceptors (Lipinski definition) is 3. The van der Waals surface area contributed by atoms with Crippen LogP contribution in [0.25, 0.3) is 0 Å². The van der Waals surface area contributed by atoms with Gasteiger partial charge < -0.3 is 10.4 Å². The quantitative estimate of drug-likeness (QED) is 0.516. The maximum Gasteiger partial charge on any atom is 0.220 e. The number of amides is 1. The molecule has 0 spiro atoms. The fourth-order valence-electron chi connectivity index (χ4n) is 1.72. The first-order valence-electron chi connectivity index (χ1n) is 6.99. The molecule has 1 rings (SSSR count). The van der Waals surface area contributed by atoms with Gasteiger partial charge in [-0.25, -0.2) is 4.39 Å². The molecular weight excluding hydrogens is 277 g/mol. The zero-order valence-corrected chi connectivity index (χ0v) is 12.4. The number of aliphatic hydroxyl groups excluding tert-OH is 1.